The summed E-state index contributed by atoms with van der Waals surface area (Å²) in [5, 5.41) is 3.97. The number of halogens is 1. The lowest BCUT2D eigenvalue weighted by Gasteiger charge is -2.32. The third-order valence-electron chi connectivity index (χ3n) is 6.31. The monoisotopic (exact) mass is 414 g/mol. The van der Waals surface area contributed by atoms with Crippen LogP contribution in [0.25, 0.3) is 11.4 Å². The van der Waals surface area contributed by atoms with Crippen molar-refractivity contribution in [2.45, 2.75) is 75.9 Å². The normalized spacial score (nSPS) is 23.0. The van der Waals surface area contributed by atoms with E-state index in [-0.39, 0.29) is 0 Å². The summed E-state index contributed by atoms with van der Waals surface area (Å²) in [5.41, 5.74) is 7.47. The topological polar surface area (TPSA) is 80.0 Å². The third kappa shape index (κ3) is 4.98. The zero-order valence-corrected chi connectivity index (χ0v) is 17.9. The second-order valence-electron chi connectivity index (χ2n) is 8.43. The van der Waals surface area contributed by atoms with Gasteiger partial charge in [0, 0.05) is 25.2 Å². The summed E-state index contributed by atoms with van der Waals surface area (Å²) in [6.45, 7) is 0. The van der Waals surface area contributed by atoms with Gasteiger partial charge in [-0.3, -0.25) is 0 Å². The molecule has 0 atom stereocenters. The maximum absolute atomic E-state index is 6.45. The SMILES string of the molecule is CN(c1cccc(-c2nc(N[C@H]3CC[C@H](N)CC3)ncc2Cl)n1)C1CCCCC1. The van der Waals surface area contributed by atoms with E-state index < -0.39 is 0 Å². The highest BCUT2D eigenvalue weighted by Gasteiger charge is 2.21. The molecular weight excluding hydrogens is 384 g/mol. The van der Waals surface area contributed by atoms with Crippen LogP contribution in [0.4, 0.5) is 11.8 Å². The van der Waals surface area contributed by atoms with Gasteiger partial charge in [-0.2, -0.15) is 0 Å². The van der Waals surface area contributed by atoms with Gasteiger partial charge in [0.2, 0.25) is 5.95 Å². The lowest BCUT2D eigenvalue weighted by molar-refractivity contribution is 0.410. The van der Waals surface area contributed by atoms with Crippen molar-refractivity contribution in [2.75, 3.05) is 17.3 Å². The van der Waals surface area contributed by atoms with Crippen LogP contribution in [-0.2, 0) is 0 Å². The molecular formula is C22H31ClN6. The molecule has 2 aromatic rings. The van der Waals surface area contributed by atoms with Gasteiger partial charge in [-0.15, -0.1) is 0 Å². The molecule has 2 aliphatic rings. The molecule has 0 radical (unpaired) electrons. The molecule has 2 aromatic heterocycles. The number of nitrogens with zero attached hydrogens (tertiary/aromatic N) is 4. The van der Waals surface area contributed by atoms with E-state index in [4.69, 9.17) is 27.3 Å². The minimum Gasteiger partial charge on any atom is -0.357 e. The Bertz CT molecular complexity index is 815. The van der Waals surface area contributed by atoms with Crippen molar-refractivity contribution in [2.24, 2.45) is 5.73 Å². The fraction of sp³-hybridized carbons (Fsp3) is 0.591. The summed E-state index contributed by atoms with van der Waals surface area (Å²) in [6.07, 6.45) is 12.2. The Morgan fingerprint density at radius 3 is 2.55 bits per heavy atom. The minimum atomic E-state index is 0.322. The fourth-order valence-corrected chi connectivity index (χ4v) is 4.66. The first-order valence-electron chi connectivity index (χ1n) is 10.8. The maximum atomic E-state index is 6.45. The maximum Gasteiger partial charge on any atom is 0.223 e. The Morgan fingerprint density at radius 1 is 1.03 bits per heavy atom. The Hall–Kier alpha value is -1.92. The number of hydrogen-bond donors (Lipinski definition) is 2. The molecule has 4 rings (SSSR count). The van der Waals surface area contributed by atoms with E-state index in [0.29, 0.717) is 34.8 Å². The van der Waals surface area contributed by atoms with E-state index in [9.17, 15) is 0 Å². The number of anilines is 2. The van der Waals surface area contributed by atoms with Crippen LogP contribution in [0, 0.1) is 0 Å². The van der Waals surface area contributed by atoms with Crippen molar-refractivity contribution in [3.05, 3.63) is 29.4 Å². The predicted octanol–water partition coefficient (Wildman–Crippen LogP) is 4.64. The molecule has 3 N–H and O–H groups in total. The summed E-state index contributed by atoms with van der Waals surface area (Å²) in [6, 6.07) is 7.31. The molecule has 29 heavy (non-hydrogen) atoms. The van der Waals surface area contributed by atoms with Gasteiger partial charge in [-0.05, 0) is 50.7 Å². The van der Waals surface area contributed by atoms with Gasteiger partial charge in [-0.1, -0.05) is 36.9 Å². The highest BCUT2D eigenvalue weighted by Crippen LogP contribution is 2.29. The van der Waals surface area contributed by atoms with E-state index in [0.717, 1.165) is 37.2 Å². The van der Waals surface area contributed by atoms with Gasteiger partial charge in [0.25, 0.3) is 0 Å². The van der Waals surface area contributed by atoms with Crippen LogP contribution in [0.1, 0.15) is 57.8 Å². The quantitative estimate of drug-likeness (QED) is 0.741. The molecule has 2 fully saturated rings. The van der Waals surface area contributed by atoms with Crippen LogP contribution in [0.3, 0.4) is 0 Å². The molecule has 6 nitrogen and oxygen atoms in total. The lowest BCUT2D eigenvalue weighted by atomic mass is 9.92. The van der Waals surface area contributed by atoms with E-state index in [1.54, 1.807) is 6.20 Å². The van der Waals surface area contributed by atoms with E-state index >= 15 is 0 Å². The Labute approximate surface area is 178 Å². The van der Waals surface area contributed by atoms with Crippen LogP contribution in [0.2, 0.25) is 5.02 Å². The Kier molecular flexibility index (Phi) is 6.50. The van der Waals surface area contributed by atoms with Crippen LogP contribution < -0.4 is 16.0 Å². The van der Waals surface area contributed by atoms with E-state index in [1.165, 1.54) is 32.1 Å². The van der Waals surface area contributed by atoms with Gasteiger partial charge in [0.1, 0.15) is 11.5 Å². The van der Waals surface area contributed by atoms with Crippen molar-refractivity contribution in [1.29, 1.82) is 0 Å². The minimum absolute atomic E-state index is 0.322. The fourth-order valence-electron chi connectivity index (χ4n) is 4.47. The standard InChI is InChI=1S/C22H31ClN6/c1-29(17-6-3-2-4-7-17)20-9-5-8-19(27-20)21-18(23)14-25-22(28-21)26-16-12-10-15(24)11-13-16/h5,8-9,14-17H,2-4,6-7,10-13,24H2,1H3,(H,25,26,28)/t15-,16-. The van der Waals surface area contributed by atoms with E-state index in [1.807, 2.05) is 12.1 Å². The summed E-state index contributed by atoms with van der Waals surface area (Å²) in [5.74, 6) is 1.58. The third-order valence-corrected chi connectivity index (χ3v) is 6.59. The van der Waals surface area contributed by atoms with Crippen LogP contribution in [-0.4, -0.2) is 40.1 Å². The first kappa shape index (κ1) is 20.4. The molecule has 156 valence electrons. The second kappa shape index (κ2) is 9.26. The molecule has 0 unspecified atom stereocenters. The van der Waals surface area contributed by atoms with Gasteiger partial charge in [0.15, 0.2) is 0 Å². The average Bonchev–Trinajstić information content (AvgIpc) is 2.77. The summed E-state index contributed by atoms with van der Waals surface area (Å²) < 4.78 is 0. The van der Waals surface area contributed by atoms with Gasteiger partial charge in [0.05, 0.1) is 16.9 Å². The number of pyridine rings is 1. The van der Waals surface area contributed by atoms with Crippen molar-refractivity contribution < 1.29 is 0 Å². The van der Waals surface area contributed by atoms with E-state index in [2.05, 4.69) is 28.3 Å². The number of aromatic nitrogens is 3. The second-order valence-corrected chi connectivity index (χ2v) is 8.84. The van der Waals surface area contributed by atoms with Crippen molar-refractivity contribution >= 4 is 23.4 Å². The van der Waals surface area contributed by atoms with Gasteiger partial charge < -0.3 is 16.0 Å². The summed E-state index contributed by atoms with van der Waals surface area (Å²) in [7, 11) is 2.14. The molecule has 0 aromatic carbocycles. The first-order valence-corrected chi connectivity index (χ1v) is 11.2. The number of nitrogens with one attached hydrogen (secondary N) is 1. The zero-order chi connectivity index (χ0) is 20.2. The Morgan fingerprint density at radius 2 is 1.79 bits per heavy atom. The van der Waals surface area contributed by atoms with Crippen LogP contribution >= 0.6 is 11.6 Å². The first-order chi connectivity index (χ1) is 14.1. The smallest absolute Gasteiger partial charge is 0.223 e. The van der Waals surface area contributed by atoms with Crippen molar-refractivity contribution in [3.63, 3.8) is 0 Å². The highest BCUT2D eigenvalue weighted by atomic mass is 35.5. The summed E-state index contributed by atoms with van der Waals surface area (Å²) in [4.78, 5) is 16.3. The molecule has 0 saturated heterocycles. The number of nitrogens with two attached hydrogens (primary N) is 1. The highest BCUT2D eigenvalue weighted by molar-refractivity contribution is 6.32. The molecule has 7 heteroatoms. The van der Waals surface area contributed by atoms with Gasteiger partial charge >= 0.3 is 0 Å². The molecule has 2 aliphatic carbocycles. The van der Waals surface area contributed by atoms with Crippen LogP contribution in [0.15, 0.2) is 24.4 Å². The molecule has 0 bridgehead atoms. The number of rotatable bonds is 5. The average molecular weight is 415 g/mol. The molecule has 0 amide bonds. The number of hydrogen-bond acceptors (Lipinski definition) is 6. The molecule has 2 heterocycles. The predicted molar refractivity (Wildman–Crippen MR) is 119 cm³/mol. The molecule has 2 saturated carbocycles. The lowest BCUT2D eigenvalue weighted by Crippen LogP contribution is -2.33. The largest absolute Gasteiger partial charge is 0.357 e. The molecule has 0 aliphatic heterocycles. The molecule has 0 spiro atoms. The zero-order valence-electron chi connectivity index (χ0n) is 17.1. The van der Waals surface area contributed by atoms with Crippen molar-refractivity contribution in [3.8, 4) is 11.4 Å². The van der Waals surface area contributed by atoms with Crippen molar-refractivity contribution in [1.82, 2.24) is 15.0 Å². The van der Waals surface area contributed by atoms with Gasteiger partial charge in [-0.25, -0.2) is 15.0 Å². The van der Waals surface area contributed by atoms with Crippen LogP contribution in [0.5, 0.6) is 0 Å². The summed E-state index contributed by atoms with van der Waals surface area (Å²) >= 11 is 6.45. The Balaban J connectivity index is 1.53.